The van der Waals surface area contributed by atoms with Gasteiger partial charge in [0.1, 0.15) is 0 Å². The Morgan fingerprint density at radius 1 is 1.50 bits per heavy atom. The minimum absolute atomic E-state index is 0.0350. The first-order chi connectivity index (χ1) is 8.25. The summed E-state index contributed by atoms with van der Waals surface area (Å²) in [6.07, 6.45) is 4.21. The Bertz CT molecular complexity index is 433. The van der Waals surface area contributed by atoms with Gasteiger partial charge < -0.3 is 5.11 Å². The molecule has 0 heterocycles. The molecule has 2 bridgehead atoms. The van der Waals surface area contributed by atoms with Gasteiger partial charge >= 0.3 is 5.97 Å². The molecule has 0 aliphatic heterocycles. The lowest BCUT2D eigenvalue weighted by molar-refractivity contribution is -0.140. The molecule has 3 nitrogen and oxygen atoms in total. The summed E-state index contributed by atoms with van der Waals surface area (Å²) in [5.41, 5.74) is 0.454. The maximum absolute atomic E-state index is 12.5. The van der Waals surface area contributed by atoms with Gasteiger partial charge in [-0.3, -0.25) is 9.59 Å². The molecule has 0 unspecified atom stereocenters. The molecule has 2 saturated carbocycles. The molecule has 2 aliphatic rings. The highest BCUT2D eigenvalue weighted by Crippen LogP contribution is 2.65. The number of fused-ring (bicyclic) bond motifs is 2. The SMILES string of the molecule is CC[C@@H](/C=C1\C(=O)[C@@]2(C)CC[C@H]1C2(C)C)C(=O)O. The molecule has 0 spiro atoms. The Labute approximate surface area is 108 Å². The van der Waals surface area contributed by atoms with E-state index >= 15 is 0 Å². The highest BCUT2D eigenvalue weighted by atomic mass is 16.4. The number of carbonyl (C=O) groups excluding carboxylic acids is 1. The third kappa shape index (κ3) is 1.49. The third-order valence-electron chi connectivity index (χ3n) is 5.50. The maximum Gasteiger partial charge on any atom is 0.310 e. The van der Waals surface area contributed by atoms with Gasteiger partial charge in [-0.1, -0.05) is 33.8 Å². The van der Waals surface area contributed by atoms with Crippen molar-refractivity contribution in [1.82, 2.24) is 0 Å². The number of hydrogen-bond donors (Lipinski definition) is 1. The molecule has 18 heavy (non-hydrogen) atoms. The van der Waals surface area contributed by atoms with Gasteiger partial charge in [0.05, 0.1) is 5.92 Å². The number of carboxylic acid groups (broad SMARTS) is 1. The van der Waals surface area contributed by atoms with Crippen LogP contribution in [-0.4, -0.2) is 16.9 Å². The number of hydrogen-bond acceptors (Lipinski definition) is 2. The maximum atomic E-state index is 12.5. The lowest BCUT2D eigenvalue weighted by atomic mass is 9.70. The molecule has 0 amide bonds. The fourth-order valence-electron chi connectivity index (χ4n) is 3.70. The Morgan fingerprint density at radius 2 is 2.11 bits per heavy atom. The summed E-state index contributed by atoms with van der Waals surface area (Å²) in [7, 11) is 0. The van der Waals surface area contributed by atoms with E-state index in [9.17, 15) is 9.59 Å². The summed E-state index contributed by atoms with van der Waals surface area (Å²) in [5.74, 6) is -0.932. The molecule has 2 fully saturated rings. The van der Waals surface area contributed by atoms with Crippen molar-refractivity contribution >= 4 is 11.8 Å². The van der Waals surface area contributed by atoms with E-state index in [1.165, 1.54) is 0 Å². The lowest BCUT2D eigenvalue weighted by Crippen LogP contribution is -2.32. The number of aliphatic carboxylic acids is 1. The van der Waals surface area contributed by atoms with Gasteiger partial charge in [-0.25, -0.2) is 0 Å². The minimum Gasteiger partial charge on any atom is -0.481 e. The Balaban J connectivity index is 2.41. The van der Waals surface area contributed by atoms with Crippen molar-refractivity contribution < 1.29 is 14.7 Å². The van der Waals surface area contributed by atoms with Crippen LogP contribution in [0.2, 0.25) is 0 Å². The smallest absolute Gasteiger partial charge is 0.310 e. The molecular formula is C15H22O3. The van der Waals surface area contributed by atoms with E-state index in [2.05, 4.69) is 13.8 Å². The number of carbonyl (C=O) groups is 2. The second-order valence-corrected chi connectivity index (χ2v) is 6.45. The van der Waals surface area contributed by atoms with Crippen LogP contribution in [0.1, 0.15) is 47.0 Å². The molecule has 0 aromatic rings. The van der Waals surface area contributed by atoms with Crippen LogP contribution in [0, 0.1) is 22.7 Å². The molecule has 0 radical (unpaired) electrons. The number of carboxylic acids is 1. The fraction of sp³-hybridized carbons (Fsp3) is 0.733. The summed E-state index contributed by atoms with van der Waals surface area (Å²) < 4.78 is 0. The third-order valence-corrected chi connectivity index (χ3v) is 5.50. The normalized spacial score (nSPS) is 37.2. The van der Waals surface area contributed by atoms with Crippen molar-refractivity contribution in [3.63, 3.8) is 0 Å². The first-order valence-electron chi connectivity index (χ1n) is 6.75. The Hall–Kier alpha value is -1.12. The zero-order valence-electron chi connectivity index (χ0n) is 11.6. The summed E-state index contributed by atoms with van der Waals surface area (Å²) in [6.45, 7) is 8.18. The highest BCUT2D eigenvalue weighted by Gasteiger charge is 2.63. The summed E-state index contributed by atoms with van der Waals surface area (Å²) in [5, 5.41) is 9.13. The summed E-state index contributed by atoms with van der Waals surface area (Å²) >= 11 is 0. The average Bonchev–Trinajstić information content (AvgIpc) is 2.59. The van der Waals surface area contributed by atoms with Gasteiger partial charge in [-0.2, -0.15) is 0 Å². The Morgan fingerprint density at radius 3 is 2.50 bits per heavy atom. The first kappa shape index (κ1) is 13.3. The second-order valence-electron chi connectivity index (χ2n) is 6.45. The molecule has 3 atom stereocenters. The van der Waals surface area contributed by atoms with Crippen LogP contribution in [0.25, 0.3) is 0 Å². The average molecular weight is 250 g/mol. The van der Waals surface area contributed by atoms with Crippen LogP contribution in [0.4, 0.5) is 0 Å². The second kappa shape index (κ2) is 3.94. The number of allylic oxidation sites excluding steroid dienone is 1. The van der Waals surface area contributed by atoms with Gasteiger partial charge in [0.2, 0.25) is 0 Å². The number of Topliss-reactive ketones (excluding diaryl/α,β-unsaturated/α-hetero) is 1. The molecule has 2 aliphatic carbocycles. The zero-order chi connectivity index (χ0) is 13.7. The quantitative estimate of drug-likeness (QED) is 0.783. The van der Waals surface area contributed by atoms with Gasteiger partial charge in [0.15, 0.2) is 5.78 Å². The van der Waals surface area contributed by atoms with E-state index in [-0.39, 0.29) is 22.5 Å². The van der Waals surface area contributed by atoms with Crippen molar-refractivity contribution in [2.75, 3.05) is 0 Å². The fourth-order valence-corrected chi connectivity index (χ4v) is 3.70. The van der Waals surface area contributed by atoms with Crippen molar-refractivity contribution in [2.24, 2.45) is 22.7 Å². The molecule has 1 N–H and O–H groups in total. The van der Waals surface area contributed by atoms with Gasteiger partial charge in [0, 0.05) is 5.41 Å². The van der Waals surface area contributed by atoms with E-state index in [4.69, 9.17) is 5.11 Å². The topological polar surface area (TPSA) is 54.4 Å². The molecule has 0 aromatic carbocycles. The molecule has 3 heteroatoms. The van der Waals surface area contributed by atoms with Crippen molar-refractivity contribution in [2.45, 2.75) is 47.0 Å². The predicted molar refractivity (Wildman–Crippen MR) is 69.1 cm³/mol. The summed E-state index contributed by atoms with van der Waals surface area (Å²) in [4.78, 5) is 23.6. The number of rotatable bonds is 3. The number of ketones is 1. The van der Waals surface area contributed by atoms with Crippen LogP contribution >= 0.6 is 0 Å². The van der Waals surface area contributed by atoms with E-state index in [0.717, 1.165) is 18.4 Å². The molecule has 100 valence electrons. The van der Waals surface area contributed by atoms with Crippen LogP contribution in [0.15, 0.2) is 11.6 Å². The van der Waals surface area contributed by atoms with Gasteiger partial charge in [-0.15, -0.1) is 0 Å². The van der Waals surface area contributed by atoms with Crippen molar-refractivity contribution in [3.8, 4) is 0 Å². The highest BCUT2D eigenvalue weighted by molar-refractivity contribution is 6.05. The van der Waals surface area contributed by atoms with Gasteiger partial charge in [0.25, 0.3) is 0 Å². The molecule has 2 rings (SSSR count). The van der Waals surface area contributed by atoms with Crippen LogP contribution in [-0.2, 0) is 9.59 Å². The van der Waals surface area contributed by atoms with Crippen molar-refractivity contribution in [3.05, 3.63) is 11.6 Å². The van der Waals surface area contributed by atoms with Crippen molar-refractivity contribution in [1.29, 1.82) is 0 Å². The largest absolute Gasteiger partial charge is 0.481 e. The Kier molecular flexibility index (Phi) is 2.91. The first-order valence-corrected chi connectivity index (χ1v) is 6.75. The van der Waals surface area contributed by atoms with E-state index in [1.54, 1.807) is 6.08 Å². The molecular weight excluding hydrogens is 228 g/mol. The molecule has 0 aromatic heterocycles. The molecule has 0 saturated heterocycles. The predicted octanol–water partition coefficient (Wildman–Crippen LogP) is 3.05. The van der Waals surface area contributed by atoms with Crippen LogP contribution in [0.5, 0.6) is 0 Å². The van der Waals surface area contributed by atoms with Crippen LogP contribution < -0.4 is 0 Å². The zero-order valence-corrected chi connectivity index (χ0v) is 11.6. The minimum atomic E-state index is -0.830. The van der Waals surface area contributed by atoms with Crippen LogP contribution in [0.3, 0.4) is 0 Å². The monoisotopic (exact) mass is 250 g/mol. The van der Waals surface area contributed by atoms with E-state index in [0.29, 0.717) is 6.42 Å². The van der Waals surface area contributed by atoms with Gasteiger partial charge in [-0.05, 0) is 36.2 Å². The lowest BCUT2D eigenvalue weighted by Gasteiger charge is -2.31. The van der Waals surface area contributed by atoms with E-state index < -0.39 is 11.9 Å². The summed E-state index contributed by atoms with van der Waals surface area (Å²) in [6, 6.07) is 0. The van der Waals surface area contributed by atoms with E-state index in [1.807, 2.05) is 13.8 Å². The standard InChI is InChI=1S/C15H22O3/c1-5-9(13(17)18)8-10-11-6-7-15(4,12(10)16)14(11,2)3/h8-9,11H,5-7H2,1-4H3,(H,17,18)/b10-8-/t9-,11+,15+/m0/s1.